The van der Waals surface area contributed by atoms with Crippen molar-refractivity contribution in [2.75, 3.05) is 0 Å². The molecule has 92 valence electrons. The van der Waals surface area contributed by atoms with Gasteiger partial charge in [-0.2, -0.15) is 5.10 Å². The van der Waals surface area contributed by atoms with Gasteiger partial charge >= 0.3 is 0 Å². The first kappa shape index (κ1) is 13.7. The molecule has 1 aromatic rings. The molecule has 3 nitrogen and oxygen atoms in total. The quantitative estimate of drug-likeness (QED) is 0.764. The molecule has 0 bridgehead atoms. The topological polar surface area (TPSA) is 27.1 Å². The summed E-state index contributed by atoms with van der Waals surface area (Å²) in [5, 5.41) is 4.35. The van der Waals surface area contributed by atoms with Crippen LogP contribution in [0.2, 0.25) is 0 Å². The first-order valence-electron chi connectivity index (χ1n) is 6.00. The summed E-state index contributed by atoms with van der Waals surface area (Å²) >= 11 is 3.52. The van der Waals surface area contributed by atoms with E-state index < -0.39 is 0 Å². The minimum atomic E-state index is 0.307. The predicted molar refractivity (Wildman–Crippen MR) is 69.4 cm³/mol. The molecule has 16 heavy (non-hydrogen) atoms. The number of rotatable bonds is 7. The van der Waals surface area contributed by atoms with Crippen LogP contribution in [0.15, 0.2) is 10.7 Å². The van der Waals surface area contributed by atoms with Crippen LogP contribution in [-0.2, 0) is 17.9 Å². The first-order valence-corrected chi connectivity index (χ1v) is 6.80. The second-order valence-electron chi connectivity index (χ2n) is 4.05. The maximum atomic E-state index is 5.75. The van der Waals surface area contributed by atoms with Crippen LogP contribution in [0.1, 0.15) is 45.7 Å². The van der Waals surface area contributed by atoms with Crippen LogP contribution in [-0.4, -0.2) is 15.9 Å². The third kappa shape index (κ3) is 3.91. The van der Waals surface area contributed by atoms with Crippen LogP contribution in [0.3, 0.4) is 0 Å². The van der Waals surface area contributed by atoms with Crippen molar-refractivity contribution in [2.45, 2.75) is 59.3 Å². The largest absolute Gasteiger partial charge is 0.372 e. The van der Waals surface area contributed by atoms with E-state index in [0.29, 0.717) is 12.7 Å². The van der Waals surface area contributed by atoms with Gasteiger partial charge in [-0.25, -0.2) is 0 Å². The van der Waals surface area contributed by atoms with E-state index in [2.05, 4.69) is 41.8 Å². The number of aryl methyl sites for hydroxylation is 1. The SMILES string of the molecule is CCCCn1ncc(Br)c1COC(C)CC. The van der Waals surface area contributed by atoms with Crippen molar-refractivity contribution in [1.29, 1.82) is 0 Å². The molecule has 0 fully saturated rings. The van der Waals surface area contributed by atoms with Crippen LogP contribution < -0.4 is 0 Å². The molecule has 0 saturated carbocycles. The molecule has 0 aromatic carbocycles. The van der Waals surface area contributed by atoms with Crippen LogP contribution in [0.4, 0.5) is 0 Å². The van der Waals surface area contributed by atoms with Crippen molar-refractivity contribution >= 4 is 15.9 Å². The smallest absolute Gasteiger partial charge is 0.0899 e. The maximum absolute atomic E-state index is 5.75. The lowest BCUT2D eigenvalue weighted by Gasteiger charge is -2.12. The Morgan fingerprint density at radius 3 is 2.88 bits per heavy atom. The fraction of sp³-hybridized carbons (Fsp3) is 0.750. The molecule has 1 aromatic heterocycles. The van der Waals surface area contributed by atoms with Gasteiger partial charge in [-0.05, 0) is 35.7 Å². The Hall–Kier alpha value is -0.350. The van der Waals surface area contributed by atoms with Crippen molar-refractivity contribution in [3.63, 3.8) is 0 Å². The number of halogens is 1. The lowest BCUT2D eigenvalue weighted by Crippen LogP contribution is -2.11. The molecule has 0 aliphatic rings. The average Bonchev–Trinajstić information content (AvgIpc) is 2.64. The number of hydrogen-bond acceptors (Lipinski definition) is 2. The van der Waals surface area contributed by atoms with Crippen LogP contribution in [0, 0.1) is 0 Å². The molecular formula is C12H21BrN2O. The maximum Gasteiger partial charge on any atom is 0.0899 e. The van der Waals surface area contributed by atoms with Crippen LogP contribution in [0.5, 0.6) is 0 Å². The van der Waals surface area contributed by atoms with Crippen molar-refractivity contribution in [3.8, 4) is 0 Å². The van der Waals surface area contributed by atoms with Crippen molar-refractivity contribution in [2.24, 2.45) is 0 Å². The zero-order chi connectivity index (χ0) is 12.0. The Labute approximate surface area is 106 Å². The van der Waals surface area contributed by atoms with E-state index in [1.165, 1.54) is 6.42 Å². The zero-order valence-corrected chi connectivity index (χ0v) is 12.0. The van der Waals surface area contributed by atoms with E-state index >= 15 is 0 Å². The van der Waals surface area contributed by atoms with E-state index in [9.17, 15) is 0 Å². The summed E-state index contributed by atoms with van der Waals surface area (Å²) in [4.78, 5) is 0. The third-order valence-corrected chi connectivity index (χ3v) is 3.36. The van der Waals surface area contributed by atoms with Crippen molar-refractivity contribution in [1.82, 2.24) is 9.78 Å². The molecule has 0 aliphatic heterocycles. The summed E-state index contributed by atoms with van der Waals surface area (Å²) in [5.74, 6) is 0. The number of ether oxygens (including phenoxy) is 1. The highest BCUT2D eigenvalue weighted by Crippen LogP contribution is 2.18. The normalized spacial score (nSPS) is 13.0. The van der Waals surface area contributed by atoms with Gasteiger partial charge in [-0.15, -0.1) is 0 Å². The molecule has 1 unspecified atom stereocenters. The molecule has 0 radical (unpaired) electrons. The number of hydrogen-bond donors (Lipinski definition) is 0. The van der Waals surface area contributed by atoms with Crippen molar-refractivity contribution in [3.05, 3.63) is 16.4 Å². The second-order valence-corrected chi connectivity index (χ2v) is 4.90. The van der Waals surface area contributed by atoms with Gasteiger partial charge in [0.25, 0.3) is 0 Å². The third-order valence-electron chi connectivity index (χ3n) is 2.70. The fourth-order valence-corrected chi connectivity index (χ4v) is 1.78. The summed E-state index contributed by atoms with van der Waals surface area (Å²) in [7, 11) is 0. The van der Waals surface area contributed by atoms with E-state index in [1.54, 1.807) is 0 Å². The Bertz CT molecular complexity index is 312. The zero-order valence-electron chi connectivity index (χ0n) is 10.4. The number of unbranched alkanes of at least 4 members (excludes halogenated alkanes) is 1. The van der Waals surface area contributed by atoms with E-state index in [4.69, 9.17) is 4.74 Å². The fourth-order valence-electron chi connectivity index (χ4n) is 1.37. The highest BCUT2D eigenvalue weighted by Gasteiger charge is 2.09. The molecule has 1 atom stereocenters. The highest BCUT2D eigenvalue weighted by molar-refractivity contribution is 9.10. The predicted octanol–water partition coefficient (Wildman–Crippen LogP) is 3.76. The summed E-state index contributed by atoms with van der Waals surface area (Å²) in [6.45, 7) is 8.03. The molecule has 0 N–H and O–H groups in total. The lowest BCUT2D eigenvalue weighted by atomic mass is 10.3. The molecule has 0 amide bonds. The number of aromatic nitrogens is 2. The molecule has 0 saturated heterocycles. The van der Waals surface area contributed by atoms with E-state index in [1.807, 2.05) is 10.9 Å². The van der Waals surface area contributed by atoms with Gasteiger partial charge in [-0.1, -0.05) is 20.3 Å². The monoisotopic (exact) mass is 288 g/mol. The highest BCUT2D eigenvalue weighted by atomic mass is 79.9. The summed E-state index contributed by atoms with van der Waals surface area (Å²) in [6.07, 6.45) is 5.54. The van der Waals surface area contributed by atoms with Gasteiger partial charge in [0.1, 0.15) is 0 Å². The molecule has 1 rings (SSSR count). The van der Waals surface area contributed by atoms with Gasteiger partial charge in [0.2, 0.25) is 0 Å². The minimum absolute atomic E-state index is 0.307. The van der Waals surface area contributed by atoms with Gasteiger partial charge in [-0.3, -0.25) is 4.68 Å². The Morgan fingerprint density at radius 1 is 1.50 bits per heavy atom. The Kier molecular flexibility index (Phi) is 6.06. The average molecular weight is 289 g/mol. The summed E-state index contributed by atoms with van der Waals surface area (Å²) < 4.78 is 8.83. The van der Waals surface area contributed by atoms with Gasteiger partial charge in [0, 0.05) is 6.54 Å². The lowest BCUT2D eigenvalue weighted by molar-refractivity contribution is 0.0462. The van der Waals surface area contributed by atoms with Gasteiger partial charge in [0.15, 0.2) is 0 Å². The van der Waals surface area contributed by atoms with Gasteiger partial charge < -0.3 is 4.74 Å². The number of nitrogens with zero attached hydrogens (tertiary/aromatic N) is 2. The van der Waals surface area contributed by atoms with Gasteiger partial charge in [0.05, 0.1) is 29.1 Å². The van der Waals surface area contributed by atoms with E-state index in [0.717, 1.165) is 29.6 Å². The molecule has 1 heterocycles. The first-order chi connectivity index (χ1) is 7.69. The van der Waals surface area contributed by atoms with Crippen molar-refractivity contribution < 1.29 is 4.74 Å². The molecule has 4 heteroatoms. The van der Waals surface area contributed by atoms with Crippen LogP contribution in [0.25, 0.3) is 0 Å². The summed E-state index contributed by atoms with van der Waals surface area (Å²) in [5.41, 5.74) is 1.15. The Morgan fingerprint density at radius 2 is 2.25 bits per heavy atom. The molecular weight excluding hydrogens is 268 g/mol. The Balaban J connectivity index is 2.58. The molecule has 0 spiro atoms. The second kappa shape index (κ2) is 7.07. The van der Waals surface area contributed by atoms with Crippen LogP contribution >= 0.6 is 15.9 Å². The molecule has 0 aliphatic carbocycles. The van der Waals surface area contributed by atoms with E-state index in [-0.39, 0.29) is 0 Å². The minimum Gasteiger partial charge on any atom is -0.372 e. The standard InChI is InChI=1S/C12H21BrN2O/c1-4-6-7-15-12(11(13)8-14-15)9-16-10(3)5-2/h8,10H,4-7,9H2,1-3H3. The summed E-state index contributed by atoms with van der Waals surface area (Å²) in [6, 6.07) is 0.